The van der Waals surface area contributed by atoms with Gasteiger partial charge in [0.15, 0.2) is 0 Å². The van der Waals surface area contributed by atoms with E-state index in [4.69, 9.17) is 0 Å². The first kappa shape index (κ1) is 33.0. The molecule has 0 heterocycles. The minimum atomic E-state index is -4.15. The van der Waals surface area contributed by atoms with Gasteiger partial charge in [-0.05, 0) is 26.2 Å². The maximum Gasteiger partial charge on any atom is 1.00 e. The van der Waals surface area contributed by atoms with E-state index in [1.807, 2.05) is 6.92 Å². The van der Waals surface area contributed by atoms with Crippen LogP contribution in [0, 0.1) is 0 Å². The smallest absolute Gasteiger partial charge is 0.748 e. The van der Waals surface area contributed by atoms with E-state index in [0.717, 1.165) is 51.4 Å². The van der Waals surface area contributed by atoms with Crippen molar-refractivity contribution in [1.82, 2.24) is 0 Å². The minimum Gasteiger partial charge on any atom is -0.748 e. The summed E-state index contributed by atoms with van der Waals surface area (Å²) < 4.78 is 34.5. The zero-order chi connectivity index (χ0) is 21.8. The fourth-order valence-corrected chi connectivity index (χ4v) is 4.90. The Morgan fingerprint density at radius 1 is 0.633 bits per heavy atom. The van der Waals surface area contributed by atoms with Gasteiger partial charge in [0, 0.05) is 5.25 Å². The molecule has 0 spiro atoms. The van der Waals surface area contributed by atoms with Gasteiger partial charge in [0.05, 0.1) is 16.2 Å². The average Bonchev–Trinajstić information content (AvgIpc) is 2.65. The van der Waals surface area contributed by atoms with E-state index in [2.05, 4.69) is 6.92 Å². The van der Waals surface area contributed by atoms with E-state index in [1.165, 1.54) is 64.2 Å². The Balaban J connectivity index is 0. The second-order valence-electron chi connectivity index (χ2n) is 8.99. The summed E-state index contributed by atoms with van der Waals surface area (Å²) in [5, 5.41) is 8.55. The second kappa shape index (κ2) is 23.0. The van der Waals surface area contributed by atoms with Crippen LogP contribution in [0.25, 0.3) is 0 Å². The number of aliphatic hydroxyl groups is 1. The maximum absolute atomic E-state index is 11.5. The molecule has 0 bridgehead atoms. The van der Waals surface area contributed by atoms with Crippen LogP contribution < -0.4 is 29.6 Å². The Kier molecular flexibility index (Phi) is 25.4. The van der Waals surface area contributed by atoms with Crippen molar-refractivity contribution >= 4 is 10.1 Å². The first-order valence-corrected chi connectivity index (χ1v) is 14.0. The van der Waals surface area contributed by atoms with Crippen molar-refractivity contribution in [3.05, 3.63) is 0 Å². The van der Waals surface area contributed by atoms with Crippen LogP contribution in [0.1, 0.15) is 142 Å². The number of hydrogen-bond acceptors (Lipinski definition) is 4. The van der Waals surface area contributed by atoms with Gasteiger partial charge in [0.2, 0.25) is 0 Å². The van der Waals surface area contributed by atoms with Crippen molar-refractivity contribution in [2.24, 2.45) is 0 Å². The van der Waals surface area contributed by atoms with E-state index >= 15 is 0 Å². The van der Waals surface area contributed by atoms with Gasteiger partial charge in [-0.2, -0.15) is 0 Å². The molecule has 1 N–H and O–H groups in total. The Hall–Kier alpha value is 0.870. The van der Waals surface area contributed by atoms with Crippen molar-refractivity contribution < 1.29 is 47.6 Å². The molecule has 0 aliphatic heterocycles. The molecule has 0 aliphatic carbocycles. The summed E-state index contributed by atoms with van der Waals surface area (Å²) in [6, 6.07) is 0. The monoisotopic (exact) mass is 456 g/mol. The Morgan fingerprint density at radius 2 is 0.933 bits per heavy atom. The SMILES string of the molecule is CCCCCCCCC(CCCCCCCCCCCCCC(C)O)S(=O)(=O)[O-].[Na+]. The minimum absolute atomic E-state index is 0. The first-order chi connectivity index (χ1) is 13.9. The van der Waals surface area contributed by atoms with Crippen LogP contribution in [-0.2, 0) is 10.1 Å². The number of unbranched alkanes of at least 4 members (excludes halogenated alkanes) is 15. The molecular weight excluding hydrogens is 407 g/mol. The average molecular weight is 457 g/mol. The largest absolute Gasteiger partial charge is 1.00 e. The molecule has 0 saturated carbocycles. The number of rotatable bonds is 22. The summed E-state index contributed by atoms with van der Waals surface area (Å²) >= 11 is 0. The summed E-state index contributed by atoms with van der Waals surface area (Å²) in [6.45, 7) is 4.04. The Bertz CT molecular complexity index is 440. The fraction of sp³-hybridized carbons (Fsp3) is 1.00. The predicted octanol–water partition coefficient (Wildman–Crippen LogP) is 4.11. The standard InChI is InChI=1S/C24H50O4S.Na/c1-3-4-5-6-15-18-21-24(29(26,27)28)22-19-16-13-11-9-7-8-10-12-14-17-20-23(2)25;/h23-25H,3-22H2,1-2H3,(H,26,27,28);/q;+1/p-1. The molecule has 0 saturated heterocycles. The van der Waals surface area contributed by atoms with Gasteiger partial charge >= 0.3 is 29.6 Å². The third-order valence-corrected chi connectivity index (χ3v) is 7.22. The number of hydrogen-bond donors (Lipinski definition) is 1. The van der Waals surface area contributed by atoms with Crippen LogP contribution in [0.2, 0.25) is 0 Å². The van der Waals surface area contributed by atoms with E-state index in [-0.39, 0.29) is 35.7 Å². The maximum atomic E-state index is 11.5. The quantitative estimate of drug-likeness (QED) is 0.151. The Morgan fingerprint density at radius 3 is 1.23 bits per heavy atom. The fourth-order valence-electron chi connectivity index (χ4n) is 3.99. The first-order valence-electron chi connectivity index (χ1n) is 12.5. The molecule has 30 heavy (non-hydrogen) atoms. The third kappa shape index (κ3) is 23.5. The van der Waals surface area contributed by atoms with Gasteiger partial charge < -0.3 is 9.66 Å². The summed E-state index contributed by atoms with van der Waals surface area (Å²) in [5.41, 5.74) is 0. The van der Waals surface area contributed by atoms with E-state index in [0.29, 0.717) is 12.8 Å². The van der Waals surface area contributed by atoms with Crippen LogP contribution in [0.4, 0.5) is 0 Å². The van der Waals surface area contributed by atoms with Crippen molar-refractivity contribution in [2.75, 3.05) is 0 Å². The zero-order valence-corrected chi connectivity index (χ0v) is 23.2. The molecule has 4 nitrogen and oxygen atoms in total. The molecule has 0 aromatic heterocycles. The normalized spacial score (nSPS) is 13.7. The molecule has 2 unspecified atom stereocenters. The molecule has 2 atom stereocenters. The Labute approximate surface area is 210 Å². The van der Waals surface area contributed by atoms with Crippen LogP contribution in [0.15, 0.2) is 0 Å². The zero-order valence-electron chi connectivity index (χ0n) is 20.4. The third-order valence-electron chi connectivity index (χ3n) is 5.94. The topological polar surface area (TPSA) is 77.4 Å². The van der Waals surface area contributed by atoms with Gasteiger partial charge in [-0.25, -0.2) is 8.42 Å². The van der Waals surface area contributed by atoms with Gasteiger partial charge in [-0.1, -0.05) is 116 Å². The number of aliphatic hydroxyl groups excluding tert-OH is 1. The molecule has 0 aromatic carbocycles. The van der Waals surface area contributed by atoms with Gasteiger partial charge in [0.1, 0.15) is 0 Å². The van der Waals surface area contributed by atoms with Crippen LogP contribution in [0.3, 0.4) is 0 Å². The molecule has 0 radical (unpaired) electrons. The van der Waals surface area contributed by atoms with Crippen molar-refractivity contribution in [2.45, 2.75) is 154 Å². The van der Waals surface area contributed by atoms with Crippen LogP contribution in [-0.4, -0.2) is 29.4 Å². The van der Waals surface area contributed by atoms with Crippen molar-refractivity contribution in [1.29, 1.82) is 0 Å². The summed E-state index contributed by atoms with van der Waals surface area (Å²) in [6.07, 6.45) is 21.7. The van der Waals surface area contributed by atoms with Crippen LogP contribution in [0.5, 0.6) is 0 Å². The summed E-state index contributed by atoms with van der Waals surface area (Å²) in [4.78, 5) is 0. The van der Waals surface area contributed by atoms with Crippen LogP contribution >= 0.6 is 0 Å². The summed E-state index contributed by atoms with van der Waals surface area (Å²) in [7, 11) is -4.15. The molecule has 176 valence electrons. The molecule has 0 fully saturated rings. The molecular formula is C24H49NaO4S. The molecule has 0 aliphatic rings. The van der Waals surface area contributed by atoms with Crippen molar-refractivity contribution in [3.8, 4) is 0 Å². The predicted molar refractivity (Wildman–Crippen MR) is 123 cm³/mol. The van der Waals surface area contributed by atoms with E-state index < -0.39 is 15.4 Å². The van der Waals surface area contributed by atoms with E-state index in [9.17, 15) is 18.1 Å². The van der Waals surface area contributed by atoms with E-state index in [1.54, 1.807) is 0 Å². The molecule has 0 aromatic rings. The van der Waals surface area contributed by atoms with Crippen molar-refractivity contribution in [3.63, 3.8) is 0 Å². The molecule has 6 heteroatoms. The molecule has 0 amide bonds. The summed E-state index contributed by atoms with van der Waals surface area (Å²) in [5.74, 6) is 0. The second-order valence-corrected chi connectivity index (χ2v) is 10.6. The molecule has 0 rings (SSSR count). The van der Waals surface area contributed by atoms with Gasteiger partial charge in [0.25, 0.3) is 0 Å². The van der Waals surface area contributed by atoms with Gasteiger partial charge in [-0.3, -0.25) is 0 Å². The van der Waals surface area contributed by atoms with Gasteiger partial charge in [-0.15, -0.1) is 0 Å².